The zero-order valence-electron chi connectivity index (χ0n) is 9.61. The molecule has 2 nitrogen and oxygen atoms in total. The molecule has 0 aliphatic heterocycles. The Morgan fingerprint density at radius 3 is 2.59 bits per heavy atom. The van der Waals surface area contributed by atoms with Gasteiger partial charge in [-0.15, -0.1) is 0 Å². The summed E-state index contributed by atoms with van der Waals surface area (Å²) in [5, 5.41) is 3.76. The van der Waals surface area contributed by atoms with Crippen molar-refractivity contribution in [3.05, 3.63) is 59.1 Å². The summed E-state index contributed by atoms with van der Waals surface area (Å²) < 4.78 is 5.75. The predicted molar refractivity (Wildman–Crippen MR) is 71.8 cm³/mol. The van der Waals surface area contributed by atoms with Gasteiger partial charge >= 0.3 is 0 Å². The summed E-state index contributed by atoms with van der Waals surface area (Å²) in [7, 11) is 1.85. The Bertz CT molecular complexity index is 485. The number of hydrogen-bond acceptors (Lipinski definition) is 2. The van der Waals surface area contributed by atoms with Gasteiger partial charge in [-0.25, -0.2) is 0 Å². The first kappa shape index (κ1) is 11.8. The van der Waals surface area contributed by atoms with Crippen LogP contribution in [0.4, 0.5) is 5.69 Å². The van der Waals surface area contributed by atoms with Crippen LogP contribution >= 0.6 is 11.6 Å². The molecule has 88 valence electrons. The Hall–Kier alpha value is -1.67. The number of halogens is 1. The van der Waals surface area contributed by atoms with E-state index < -0.39 is 0 Å². The quantitative estimate of drug-likeness (QED) is 0.883. The highest BCUT2D eigenvalue weighted by atomic mass is 35.5. The lowest BCUT2D eigenvalue weighted by atomic mass is 10.2. The van der Waals surface area contributed by atoms with Crippen molar-refractivity contribution in [3.63, 3.8) is 0 Å². The van der Waals surface area contributed by atoms with Gasteiger partial charge in [0.1, 0.15) is 12.4 Å². The standard InChI is InChI=1S/C14H14ClNO/c1-16-13-9-12(15)7-8-14(13)17-10-11-5-3-2-4-6-11/h2-9,16H,10H2,1H3. The molecule has 0 radical (unpaired) electrons. The molecule has 17 heavy (non-hydrogen) atoms. The molecule has 0 fully saturated rings. The van der Waals surface area contributed by atoms with Gasteiger partial charge in [-0.2, -0.15) is 0 Å². The maximum Gasteiger partial charge on any atom is 0.142 e. The average Bonchev–Trinajstić information content (AvgIpc) is 2.38. The van der Waals surface area contributed by atoms with E-state index in [4.69, 9.17) is 16.3 Å². The summed E-state index contributed by atoms with van der Waals surface area (Å²) in [6, 6.07) is 15.6. The van der Waals surface area contributed by atoms with Crippen molar-refractivity contribution in [2.45, 2.75) is 6.61 Å². The van der Waals surface area contributed by atoms with E-state index >= 15 is 0 Å². The molecule has 0 bridgehead atoms. The Kier molecular flexibility index (Phi) is 3.89. The van der Waals surface area contributed by atoms with E-state index in [-0.39, 0.29) is 0 Å². The van der Waals surface area contributed by atoms with Crippen LogP contribution in [0.15, 0.2) is 48.5 Å². The van der Waals surface area contributed by atoms with Gasteiger partial charge in [0.05, 0.1) is 5.69 Å². The van der Waals surface area contributed by atoms with Crippen molar-refractivity contribution < 1.29 is 4.74 Å². The van der Waals surface area contributed by atoms with Crippen LogP contribution in [-0.2, 0) is 6.61 Å². The van der Waals surface area contributed by atoms with E-state index in [1.54, 1.807) is 0 Å². The molecule has 2 aromatic carbocycles. The van der Waals surface area contributed by atoms with Crippen LogP contribution in [0, 0.1) is 0 Å². The van der Waals surface area contributed by atoms with E-state index in [1.807, 2.05) is 55.6 Å². The van der Waals surface area contributed by atoms with Gasteiger partial charge in [-0.3, -0.25) is 0 Å². The molecule has 0 aliphatic carbocycles. The zero-order chi connectivity index (χ0) is 12.1. The number of rotatable bonds is 4. The van der Waals surface area contributed by atoms with Gasteiger partial charge < -0.3 is 10.1 Å². The maximum absolute atomic E-state index is 5.92. The SMILES string of the molecule is CNc1cc(Cl)ccc1OCc1ccccc1. The average molecular weight is 248 g/mol. The first-order chi connectivity index (χ1) is 8.29. The Balaban J connectivity index is 2.09. The van der Waals surface area contributed by atoms with Gasteiger partial charge in [0.15, 0.2) is 0 Å². The minimum atomic E-state index is 0.553. The van der Waals surface area contributed by atoms with Gasteiger partial charge in [0.25, 0.3) is 0 Å². The fourth-order valence-corrected chi connectivity index (χ4v) is 1.73. The molecule has 0 saturated carbocycles. The smallest absolute Gasteiger partial charge is 0.142 e. The Morgan fingerprint density at radius 1 is 1.12 bits per heavy atom. The first-order valence-corrected chi connectivity index (χ1v) is 5.81. The number of ether oxygens (including phenoxy) is 1. The summed E-state index contributed by atoms with van der Waals surface area (Å²) in [4.78, 5) is 0. The van der Waals surface area contributed by atoms with Crippen molar-refractivity contribution in [2.24, 2.45) is 0 Å². The number of anilines is 1. The second-order valence-corrected chi connectivity index (χ2v) is 4.10. The molecular weight excluding hydrogens is 234 g/mol. The third kappa shape index (κ3) is 3.14. The van der Waals surface area contributed by atoms with Crippen LogP contribution < -0.4 is 10.1 Å². The van der Waals surface area contributed by atoms with Crippen molar-refractivity contribution in [3.8, 4) is 5.75 Å². The minimum Gasteiger partial charge on any atom is -0.487 e. The van der Waals surface area contributed by atoms with Crippen molar-refractivity contribution in [1.82, 2.24) is 0 Å². The number of benzene rings is 2. The van der Waals surface area contributed by atoms with E-state index in [1.165, 1.54) is 0 Å². The minimum absolute atomic E-state index is 0.553. The first-order valence-electron chi connectivity index (χ1n) is 5.43. The van der Waals surface area contributed by atoms with Crippen LogP contribution in [0.2, 0.25) is 5.02 Å². The van der Waals surface area contributed by atoms with Gasteiger partial charge in [-0.1, -0.05) is 41.9 Å². The molecular formula is C14H14ClNO. The topological polar surface area (TPSA) is 21.3 Å². The molecule has 0 aliphatic rings. The molecule has 0 spiro atoms. The van der Waals surface area contributed by atoms with Gasteiger partial charge in [0.2, 0.25) is 0 Å². The Morgan fingerprint density at radius 2 is 1.88 bits per heavy atom. The predicted octanol–water partition coefficient (Wildman–Crippen LogP) is 3.96. The van der Waals surface area contributed by atoms with Crippen LogP contribution in [0.25, 0.3) is 0 Å². The summed E-state index contributed by atoms with van der Waals surface area (Å²) >= 11 is 5.92. The fourth-order valence-electron chi connectivity index (χ4n) is 1.56. The molecule has 3 heteroatoms. The maximum atomic E-state index is 5.92. The lowest BCUT2D eigenvalue weighted by Crippen LogP contribution is -1.98. The fraction of sp³-hybridized carbons (Fsp3) is 0.143. The molecule has 2 aromatic rings. The summed E-state index contributed by atoms with van der Waals surface area (Å²) in [6.07, 6.45) is 0. The van der Waals surface area contributed by atoms with E-state index in [9.17, 15) is 0 Å². The highest BCUT2D eigenvalue weighted by Gasteiger charge is 2.03. The Labute approximate surface area is 106 Å². The van der Waals surface area contributed by atoms with Crippen LogP contribution in [0.3, 0.4) is 0 Å². The number of nitrogens with one attached hydrogen (secondary N) is 1. The van der Waals surface area contributed by atoms with Gasteiger partial charge in [-0.05, 0) is 23.8 Å². The second-order valence-electron chi connectivity index (χ2n) is 3.66. The lowest BCUT2D eigenvalue weighted by Gasteiger charge is -2.11. The molecule has 0 amide bonds. The van der Waals surface area contributed by atoms with Gasteiger partial charge in [0, 0.05) is 12.1 Å². The number of hydrogen-bond donors (Lipinski definition) is 1. The highest BCUT2D eigenvalue weighted by molar-refractivity contribution is 6.30. The largest absolute Gasteiger partial charge is 0.487 e. The summed E-state index contributed by atoms with van der Waals surface area (Å²) in [5.41, 5.74) is 2.04. The van der Waals surface area contributed by atoms with Crippen LogP contribution in [0.1, 0.15) is 5.56 Å². The van der Waals surface area contributed by atoms with E-state index in [0.717, 1.165) is 17.0 Å². The van der Waals surface area contributed by atoms with E-state index in [2.05, 4.69) is 5.32 Å². The molecule has 2 rings (SSSR count). The second kappa shape index (κ2) is 5.60. The monoisotopic (exact) mass is 247 g/mol. The molecule has 0 saturated heterocycles. The van der Waals surface area contributed by atoms with Crippen molar-refractivity contribution in [1.29, 1.82) is 0 Å². The summed E-state index contributed by atoms with van der Waals surface area (Å²) in [6.45, 7) is 0.553. The van der Waals surface area contributed by atoms with Crippen LogP contribution in [0.5, 0.6) is 5.75 Å². The molecule has 0 unspecified atom stereocenters. The molecule has 1 N–H and O–H groups in total. The summed E-state index contributed by atoms with van der Waals surface area (Å²) in [5.74, 6) is 0.806. The molecule has 0 heterocycles. The van der Waals surface area contributed by atoms with Crippen molar-refractivity contribution in [2.75, 3.05) is 12.4 Å². The van der Waals surface area contributed by atoms with E-state index in [0.29, 0.717) is 11.6 Å². The lowest BCUT2D eigenvalue weighted by molar-refractivity contribution is 0.308. The van der Waals surface area contributed by atoms with Crippen molar-refractivity contribution >= 4 is 17.3 Å². The third-order valence-electron chi connectivity index (χ3n) is 2.45. The normalized spacial score (nSPS) is 10.0. The third-order valence-corrected chi connectivity index (χ3v) is 2.68. The molecule has 0 aromatic heterocycles. The van der Waals surface area contributed by atoms with Crippen LogP contribution in [-0.4, -0.2) is 7.05 Å². The highest BCUT2D eigenvalue weighted by Crippen LogP contribution is 2.28. The zero-order valence-corrected chi connectivity index (χ0v) is 10.4. The molecule has 0 atom stereocenters.